The zero-order chi connectivity index (χ0) is 13.6. The van der Waals surface area contributed by atoms with E-state index in [1.54, 1.807) is 0 Å². The molecule has 0 aliphatic carbocycles. The van der Waals surface area contributed by atoms with Crippen LogP contribution in [0.5, 0.6) is 0 Å². The fourth-order valence-electron chi connectivity index (χ4n) is 1.63. The predicted molar refractivity (Wildman–Crippen MR) is 70.5 cm³/mol. The summed E-state index contributed by atoms with van der Waals surface area (Å²) in [5.41, 5.74) is 5.81. The monoisotopic (exact) mass is 244 g/mol. The average Bonchev–Trinajstić information content (AvgIpc) is 2.24. The minimum Gasteiger partial charge on any atom is -0.396 e. The maximum atomic E-state index is 12.0. The van der Waals surface area contributed by atoms with Gasteiger partial charge in [-0.05, 0) is 17.8 Å². The van der Waals surface area contributed by atoms with Crippen molar-refractivity contribution in [1.29, 1.82) is 0 Å². The van der Waals surface area contributed by atoms with Crippen molar-refractivity contribution in [3.8, 4) is 0 Å². The second kappa shape index (κ2) is 6.97. The van der Waals surface area contributed by atoms with E-state index in [0.29, 0.717) is 6.42 Å². The summed E-state index contributed by atoms with van der Waals surface area (Å²) in [4.78, 5) is 12.0. The highest BCUT2D eigenvalue weighted by atomic mass is 16.3. The molecule has 4 N–H and O–H groups in total. The van der Waals surface area contributed by atoms with Gasteiger partial charge in [-0.3, -0.25) is 4.79 Å². The first-order valence-corrected chi connectivity index (χ1v) is 6.40. The van der Waals surface area contributed by atoms with Crippen LogP contribution in [0.1, 0.15) is 47.5 Å². The summed E-state index contributed by atoms with van der Waals surface area (Å²) >= 11 is 0. The molecular weight excluding hydrogens is 216 g/mol. The molecule has 0 aromatic rings. The number of aliphatic hydroxyl groups excluding tert-OH is 1. The van der Waals surface area contributed by atoms with Gasteiger partial charge in [-0.15, -0.1) is 0 Å². The quantitative estimate of drug-likeness (QED) is 0.658. The molecule has 0 rings (SSSR count). The predicted octanol–water partition coefficient (Wildman–Crippen LogP) is 1.27. The van der Waals surface area contributed by atoms with Gasteiger partial charge in [0.1, 0.15) is 0 Å². The van der Waals surface area contributed by atoms with Gasteiger partial charge in [-0.2, -0.15) is 0 Å². The summed E-state index contributed by atoms with van der Waals surface area (Å²) in [5.74, 6) is 0.0532. The van der Waals surface area contributed by atoms with Gasteiger partial charge in [-0.1, -0.05) is 41.0 Å². The number of amides is 1. The topological polar surface area (TPSA) is 75.4 Å². The molecule has 0 spiro atoms. The van der Waals surface area contributed by atoms with Crippen LogP contribution in [0.3, 0.4) is 0 Å². The molecule has 0 aliphatic heterocycles. The van der Waals surface area contributed by atoms with Crippen LogP contribution in [0.25, 0.3) is 0 Å². The highest BCUT2D eigenvalue weighted by Crippen LogP contribution is 2.22. The molecule has 102 valence electrons. The summed E-state index contributed by atoms with van der Waals surface area (Å²) in [6.07, 6.45) is 1.44. The minimum atomic E-state index is -0.469. The molecule has 0 radical (unpaired) electrons. The summed E-state index contributed by atoms with van der Waals surface area (Å²) in [6.45, 7) is 10.2. The van der Waals surface area contributed by atoms with E-state index < -0.39 is 6.04 Å². The molecule has 4 heteroatoms. The van der Waals surface area contributed by atoms with E-state index in [0.717, 1.165) is 6.42 Å². The molecule has 17 heavy (non-hydrogen) atoms. The van der Waals surface area contributed by atoms with Crippen LogP contribution in [0.15, 0.2) is 0 Å². The summed E-state index contributed by atoms with van der Waals surface area (Å²) in [6, 6.07) is -0.515. The van der Waals surface area contributed by atoms with Crippen LogP contribution in [0.2, 0.25) is 0 Å². The Labute approximate surface area is 105 Å². The van der Waals surface area contributed by atoms with Crippen molar-refractivity contribution < 1.29 is 9.90 Å². The van der Waals surface area contributed by atoms with E-state index in [1.165, 1.54) is 0 Å². The molecule has 4 nitrogen and oxygen atoms in total. The van der Waals surface area contributed by atoms with Crippen LogP contribution in [-0.4, -0.2) is 29.7 Å². The zero-order valence-corrected chi connectivity index (χ0v) is 11.8. The standard InChI is InChI=1S/C13H28N2O2/c1-6-9(2)11(14)12(17)15-10(7-8-16)13(3,4)5/h9-11,16H,6-8,14H2,1-5H3,(H,15,17)/t9?,10?,11-/m0/s1. The molecule has 0 fully saturated rings. The molecule has 0 aliphatic rings. The van der Waals surface area contributed by atoms with Crippen LogP contribution in [0.4, 0.5) is 0 Å². The molecule has 0 saturated carbocycles. The molecule has 2 unspecified atom stereocenters. The molecule has 0 aromatic heterocycles. The number of rotatable bonds is 6. The fraction of sp³-hybridized carbons (Fsp3) is 0.923. The first-order valence-electron chi connectivity index (χ1n) is 6.40. The third-order valence-electron chi connectivity index (χ3n) is 3.34. The van der Waals surface area contributed by atoms with Gasteiger partial charge in [0.15, 0.2) is 0 Å². The van der Waals surface area contributed by atoms with Gasteiger partial charge in [0.2, 0.25) is 5.91 Å². The Balaban J connectivity index is 4.51. The number of nitrogens with one attached hydrogen (secondary N) is 1. The average molecular weight is 244 g/mol. The molecule has 0 bridgehead atoms. The van der Waals surface area contributed by atoms with Gasteiger partial charge in [0.05, 0.1) is 6.04 Å². The molecule has 3 atom stereocenters. The Hall–Kier alpha value is -0.610. The maximum Gasteiger partial charge on any atom is 0.237 e. The SMILES string of the molecule is CCC(C)[C@H](N)C(=O)NC(CCO)C(C)(C)C. The third-order valence-corrected chi connectivity index (χ3v) is 3.34. The number of nitrogens with two attached hydrogens (primary N) is 1. The molecule has 0 heterocycles. The Kier molecular flexibility index (Phi) is 6.72. The summed E-state index contributed by atoms with van der Waals surface area (Å²) in [5, 5.41) is 12.0. The van der Waals surface area contributed by atoms with Crippen molar-refractivity contribution in [3.63, 3.8) is 0 Å². The lowest BCUT2D eigenvalue weighted by atomic mass is 9.84. The van der Waals surface area contributed by atoms with Crippen LogP contribution in [-0.2, 0) is 4.79 Å². The Morgan fingerprint density at radius 2 is 1.94 bits per heavy atom. The van der Waals surface area contributed by atoms with Crippen LogP contribution in [0, 0.1) is 11.3 Å². The van der Waals surface area contributed by atoms with Gasteiger partial charge >= 0.3 is 0 Å². The van der Waals surface area contributed by atoms with Crippen LogP contribution >= 0.6 is 0 Å². The summed E-state index contributed by atoms with van der Waals surface area (Å²) < 4.78 is 0. The van der Waals surface area contributed by atoms with Crippen molar-refractivity contribution >= 4 is 5.91 Å². The van der Waals surface area contributed by atoms with Gasteiger partial charge < -0.3 is 16.2 Å². The fourth-order valence-corrected chi connectivity index (χ4v) is 1.63. The highest BCUT2D eigenvalue weighted by Gasteiger charge is 2.28. The Morgan fingerprint density at radius 1 is 1.41 bits per heavy atom. The number of aliphatic hydroxyl groups is 1. The second-order valence-electron chi connectivity index (χ2n) is 5.85. The Morgan fingerprint density at radius 3 is 2.29 bits per heavy atom. The van der Waals surface area contributed by atoms with Crippen molar-refractivity contribution in [2.45, 2.75) is 59.5 Å². The van der Waals surface area contributed by atoms with Gasteiger partial charge in [-0.25, -0.2) is 0 Å². The van der Waals surface area contributed by atoms with Crippen molar-refractivity contribution in [2.75, 3.05) is 6.61 Å². The van der Waals surface area contributed by atoms with E-state index in [4.69, 9.17) is 10.8 Å². The maximum absolute atomic E-state index is 12.0. The molecule has 0 aromatic carbocycles. The van der Waals surface area contributed by atoms with Crippen LogP contribution < -0.4 is 11.1 Å². The number of hydrogen-bond acceptors (Lipinski definition) is 3. The smallest absolute Gasteiger partial charge is 0.237 e. The zero-order valence-electron chi connectivity index (χ0n) is 11.8. The summed E-state index contributed by atoms with van der Waals surface area (Å²) in [7, 11) is 0. The molecule has 1 amide bonds. The lowest BCUT2D eigenvalue weighted by Crippen LogP contribution is -2.52. The molecule has 0 saturated heterocycles. The first kappa shape index (κ1) is 16.4. The first-order chi connectivity index (χ1) is 7.73. The second-order valence-corrected chi connectivity index (χ2v) is 5.85. The van der Waals surface area contributed by atoms with Gasteiger partial charge in [0, 0.05) is 12.6 Å². The van der Waals surface area contributed by atoms with E-state index in [9.17, 15) is 4.79 Å². The lowest BCUT2D eigenvalue weighted by molar-refractivity contribution is -0.125. The van der Waals surface area contributed by atoms with E-state index in [1.807, 2.05) is 34.6 Å². The largest absolute Gasteiger partial charge is 0.396 e. The molecular formula is C13H28N2O2. The highest BCUT2D eigenvalue weighted by molar-refractivity contribution is 5.82. The minimum absolute atomic E-state index is 0.0462. The normalized spacial score (nSPS) is 17.4. The number of hydrogen-bond donors (Lipinski definition) is 3. The van der Waals surface area contributed by atoms with E-state index in [2.05, 4.69) is 5.32 Å². The lowest BCUT2D eigenvalue weighted by Gasteiger charge is -2.32. The van der Waals surface area contributed by atoms with E-state index in [-0.39, 0.29) is 29.9 Å². The van der Waals surface area contributed by atoms with E-state index >= 15 is 0 Å². The van der Waals surface area contributed by atoms with Crippen molar-refractivity contribution in [1.82, 2.24) is 5.32 Å². The third kappa shape index (κ3) is 5.50. The number of carbonyl (C=O) groups is 1. The van der Waals surface area contributed by atoms with Crippen molar-refractivity contribution in [3.05, 3.63) is 0 Å². The number of carbonyl (C=O) groups excluding carboxylic acids is 1. The van der Waals surface area contributed by atoms with Crippen molar-refractivity contribution in [2.24, 2.45) is 17.1 Å². The Bertz CT molecular complexity index is 236. The van der Waals surface area contributed by atoms with Gasteiger partial charge in [0.25, 0.3) is 0 Å².